The van der Waals surface area contributed by atoms with Crippen LogP contribution in [0.2, 0.25) is 0 Å². The van der Waals surface area contributed by atoms with Gasteiger partial charge in [-0.3, -0.25) is 4.79 Å². The van der Waals surface area contributed by atoms with Crippen molar-refractivity contribution in [3.05, 3.63) is 29.8 Å². The van der Waals surface area contributed by atoms with Crippen LogP contribution in [0.3, 0.4) is 0 Å². The molecule has 2 rings (SSSR count). The Hall–Kier alpha value is -1.40. The van der Waals surface area contributed by atoms with E-state index in [2.05, 4.69) is 11.6 Å². The number of carbonyl (C=O) groups excluding carboxylic acids is 1. The first-order chi connectivity index (χ1) is 12.9. The highest BCUT2D eigenvalue weighted by atomic mass is 32.2. The molecule has 0 unspecified atom stereocenters. The molecular weight excluding hydrogens is 362 g/mol. The van der Waals surface area contributed by atoms with Crippen LogP contribution in [0.5, 0.6) is 0 Å². The van der Waals surface area contributed by atoms with Gasteiger partial charge in [-0.05, 0) is 31.9 Å². The molecule has 0 saturated carbocycles. The molecule has 152 valence electrons. The lowest BCUT2D eigenvalue weighted by atomic mass is 9.98. The molecule has 27 heavy (non-hydrogen) atoms. The highest BCUT2D eigenvalue weighted by Crippen LogP contribution is 2.22. The SMILES string of the molecule is CCCCCCCCC[C@@H]1C[C@@H](NS(=O)(=O)c2ccc(C)cc2)CC(=O)O1. The number of hydrogen-bond donors (Lipinski definition) is 1. The quantitative estimate of drug-likeness (QED) is 0.443. The zero-order valence-corrected chi connectivity index (χ0v) is 17.4. The lowest BCUT2D eigenvalue weighted by Gasteiger charge is -2.29. The van der Waals surface area contributed by atoms with Crippen molar-refractivity contribution in [1.82, 2.24) is 4.72 Å². The predicted octanol–water partition coefficient (Wildman–Crippen LogP) is 4.49. The third kappa shape index (κ3) is 7.62. The fraction of sp³-hybridized carbons (Fsp3) is 0.667. The summed E-state index contributed by atoms with van der Waals surface area (Å²) in [5, 5.41) is 0. The number of hydrogen-bond acceptors (Lipinski definition) is 4. The number of esters is 1. The van der Waals surface area contributed by atoms with E-state index in [0.717, 1.165) is 24.8 Å². The van der Waals surface area contributed by atoms with E-state index in [1.165, 1.54) is 32.1 Å². The average molecular weight is 396 g/mol. The minimum Gasteiger partial charge on any atom is -0.462 e. The van der Waals surface area contributed by atoms with Crippen LogP contribution in [0.1, 0.15) is 76.7 Å². The predicted molar refractivity (Wildman–Crippen MR) is 107 cm³/mol. The standard InChI is InChI=1S/C21H33NO4S/c1-3-4-5-6-7-8-9-10-19-15-18(16-21(23)26-19)22-27(24,25)20-13-11-17(2)12-14-20/h11-14,18-19,22H,3-10,15-16H2,1-2H3/t18-,19-/m1/s1. The van der Waals surface area contributed by atoms with Crippen LogP contribution >= 0.6 is 0 Å². The Balaban J connectivity index is 1.80. The Kier molecular flexibility index (Phi) is 8.77. The third-order valence-corrected chi connectivity index (χ3v) is 6.58. The molecule has 6 heteroatoms. The Morgan fingerprint density at radius 1 is 1.04 bits per heavy atom. The Morgan fingerprint density at radius 2 is 1.67 bits per heavy atom. The second-order valence-electron chi connectivity index (χ2n) is 7.59. The van der Waals surface area contributed by atoms with Crippen LogP contribution in [-0.2, 0) is 19.6 Å². The van der Waals surface area contributed by atoms with Gasteiger partial charge in [-0.15, -0.1) is 0 Å². The normalized spacial score (nSPS) is 20.4. The Morgan fingerprint density at radius 3 is 2.33 bits per heavy atom. The number of cyclic esters (lactones) is 1. The lowest BCUT2D eigenvalue weighted by Crippen LogP contribution is -2.43. The minimum atomic E-state index is -3.62. The van der Waals surface area contributed by atoms with Crippen molar-refractivity contribution in [3.63, 3.8) is 0 Å². The minimum absolute atomic E-state index is 0.0958. The number of aryl methyl sites for hydroxylation is 1. The topological polar surface area (TPSA) is 72.5 Å². The molecule has 0 aromatic heterocycles. The first kappa shape index (κ1) is 21.9. The number of carbonyl (C=O) groups is 1. The summed E-state index contributed by atoms with van der Waals surface area (Å²) in [5.74, 6) is -0.314. The fourth-order valence-corrected chi connectivity index (χ4v) is 4.73. The van der Waals surface area contributed by atoms with Gasteiger partial charge in [0.1, 0.15) is 6.10 Å². The van der Waals surface area contributed by atoms with Gasteiger partial charge in [-0.2, -0.15) is 0 Å². The lowest BCUT2D eigenvalue weighted by molar-refractivity contribution is -0.155. The van der Waals surface area contributed by atoms with Crippen molar-refractivity contribution in [1.29, 1.82) is 0 Å². The second kappa shape index (κ2) is 10.8. The van der Waals surface area contributed by atoms with Gasteiger partial charge in [-0.25, -0.2) is 13.1 Å². The van der Waals surface area contributed by atoms with E-state index in [0.29, 0.717) is 6.42 Å². The Labute approximate surface area is 163 Å². The number of unbranched alkanes of at least 4 members (excludes halogenated alkanes) is 6. The average Bonchev–Trinajstić information content (AvgIpc) is 2.60. The molecule has 1 aliphatic heterocycles. The summed E-state index contributed by atoms with van der Waals surface area (Å²) in [6, 6.07) is 6.33. The molecule has 1 saturated heterocycles. The van der Waals surface area contributed by atoms with E-state index in [4.69, 9.17) is 4.74 Å². The molecule has 1 aliphatic rings. The molecule has 1 aromatic carbocycles. The zero-order chi connectivity index (χ0) is 19.7. The largest absolute Gasteiger partial charge is 0.462 e. The molecule has 1 N–H and O–H groups in total. The maximum absolute atomic E-state index is 12.5. The van der Waals surface area contributed by atoms with E-state index < -0.39 is 16.1 Å². The molecule has 1 aromatic rings. The maximum Gasteiger partial charge on any atom is 0.307 e. The van der Waals surface area contributed by atoms with Gasteiger partial charge in [0.2, 0.25) is 10.0 Å². The smallest absolute Gasteiger partial charge is 0.307 e. The molecule has 1 heterocycles. The molecule has 0 bridgehead atoms. The van der Waals surface area contributed by atoms with Crippen LogP contribution in [0.15, 0.2) is 29.2 Å². The van der Waals surface area contributed by atoms with E-state index in [9.17, 15) is 13.2 Å². The second-order valence-corrected chi connectivity index (χ2v) is 9.31. The first-order valence-corrected chi connectivity index (χ1v) is 11.7. The number of ether oxygens (including phenoxy) is 1. The van der Waals surface area contributed by atoms with Crippen LogP contribution in [0.4, 0.5) is 0 Å². The van der Waals surface area contributed by atoms with Gasteiger partial charge in [0, 0.05) is 12.5 Å². The number of sulfonamides is 1. The summed E-state index contributed by atoms with van der Waals surface area (Å²) in [4.78, 5) is 12.1. The van der Waals surface area contributed by atoms with Crippen molar-refractivity contribution >= 4 is 16.0 Å². The van der Waals surface area contributed by atoms with Crippen molar-refractivity contribution in [3.8, 4) is 0 Å². The van der Waals surface area contributed by atoms with E-state index in [1.807, 2.05) is 6.92 Å². The molecule has 0 aliphatic carbocycles. The summed E-state index contributed by atoms with van der Waals surface area (Å²) >= 11 is 0. The Bertz CT molecular complexity index is 685. The highest BCUT2D eigenvalue weighted by Gasteiger charge is 2.31. The summed E-state index contributed by atoms with van der Waals surface area (Å²) in [5.41, 5.74) is 1.00. The zero-order valence-electron chi connectivity index (χ0n) is 16.6. The monoisotopic (exact) mass is 395 g/mol. The molecule has 5 nitrogen and oxygen atoms in total. The fourth-order valence-electron chi connectivity index (χ4n) is 3.48. The van der Waals surface area contributed by atoms with Crippen molar-refractivity contribution in [2.45, 2.75) is 95.1 Å². The van der Waals surface area contributed by atoms with Crippen molar-refractivity contribution in [2.75, 3.05) is 0 Å². The summed E-state index contributed by atoms with van der Waals surface area (Å²) in [6.45, 7) is 4.12. The molecule has 2 atom stereocenters. The van der Waals surface area contributed by atoms with E-state index in [1.54, 1.807) is 24.3 Å². The first-order valence-electron chi connectivity index (χ1n) is 10.2. The van der Waals surface area contributed by atoms with Crippen LogP contribution in [0.25, 0.3) is 0 Å². The van der Waals surface area contributed by atoms with Crippen LogP contribution < -0.4 is 4.72 Å². The number of nitrogens with one attached hydrogen (secondary N) is 1. The van der Waals surface area contributed by atoms with E-state index >= 15 is 0 Å². The molecule has 0 radical (unpaired) electrons. The van der Waals surface area contributed by atoms with Gasteiger partial charge in [0.25, 0.3) is 0 Å². The number of benzene rings is 1. The van der Waals surface area contributed by atoms with Gasteiger partial charge in [0.15, 0.2) is 0 Å². The molecular formula is C21H33NO4S. The van der Waals surface area contributed by atoms with Gasteiger partial charge in [0.05, 0.1) is 11.3 Å². The molecule has 1 fully saturated rings. The van der Waals surface area contributed by atoms with Crippen molar-refractivity contribution < 1.29 is 17.9 Å². The van der Waals surface area contributed by atoms with E-state index in [-0.39, 0.29) is 23.4 Å². The molecule has 0 amide bonds. The van der Waals surface area contributed by atoms with Gasteiger partial charge in [-0.1, -0.05) is 63.1 Å². The van der Waals surface area contributed by atoms with Gasteiger partial charge < -0.3 is 4.74 Å². The highest BCUT2D eigenvalue weighted by molar-refractivity contribution is 7.89. The van der Waals surface area contributed by atoms with Crippen LogP contribution in [-0.4, -0.2) is 26.5 Å². The summed E-state index contributed by atoms with van der Waals surface area (Å²) < 4.78 is 33.2. The number of rotatable bonds is 11. The summed E-state index contributed by atoms with van der Waals surface area (Å²) in [6.07, 6.45) is 9.72. The third-order valence-electron chi connectivity index (χ3n) is 5.04. The van der Waals surface area contributed by atoms with Crippen molar-refractivity contribution in [2.24, 2.45) is 0 Å². The molecule has 0 spiro atoms. The van der Waals surface area contributed by atoms with Gasteiger partial charge >= 0.3 is 5.97 Å². The maximum atomic E-state index is 12.5. The summed E-state index contributed by atoms with van der Waals surface area (Å²) in [7, 11) is -3.62. The van der Waals surface area contributed by atoms with Crippen LogP contribution in [0, 0.1) is 6.92 Å².